The molecule has 2 N–H and O–H groups in total. The minimum absolute atomic E-state index is 0.0244. The fourth-order valence-corrected chi connectivity index (χ4v) is 4.90. The molecule has 2 heterocycles. The average Bonchev–Trinajstić information content (AvgIpc) is 3.40. The van der Waals surface area contributed by atoms with Crippen molar-refractivity contribution < 1.29 is 9.53 Å². The number of carbonyl (C=O) groups is 1. The Balaban J connectivity index is 1.35. The first-order chi connectivity index (χ1) is 18.7. The van der Waals surface area contributed by atoms with E-state index in [2.05, 4.69) is 70.9 Å². The van der Waals surface area contributed by atoms with Gasteiger partial charge >= 0.3 is 0 Å². The predicted octanol–water partition coefficient (Wildman–Crippen LogP) is 6.59. The van der Waals surface area contributed by atoms with Crippen LogP contribution in [0.2, 0.25) is 0 Å². The van der Waals surface area contributed by atoms with Crippen LogP contribution in [0, 0.1) is 0 Å². The summed E-state index contributed by atoms with van der Waals surface area (Å²) in [6.07, 6.45) is 5.86. The number of hydrogen-bond donors (Lipinski definition) is 2. The summed E-state index contributed by atoms with van der Waals surface area (Å²) in [5, 5.41) is 4.27. The molecule has 3 aromatic carbocycles. The fourth-order valence-electron chi connectivity index (χ4n) is 4.90. The number of pyridine rings is 1. The van der Waals surface area contributed by atoms with Crippen molar-refractivity contribution in [3.05, 3.63) is 131 Å². The Labute approximate surface area is 223 Å². The maximum Gasteiger partial charge on any atom is 0.220 e. The van der Waals surface area contributed by atoms with Gasteiger partial charge in [-0.25, -0.2) is 0 Å². The summed E-state index contributed by atoms with van der Waals surface area (Å²) in [6.45, 7) is 3.24. The first-order valence-electron chi connectivity index (χ1n) is 13.2. The number of rotatable bonds is 11. The highest BCUT2D eigenvalue weighted by Gasteiger charge is 2.22. The molecule has 5 nitrogen and oxygen atoms in total. The van der Waals surface area contributed by atoms with Crippen LogP contribution in [-0.4, -0.2) is 22.4 Å². The number of aromatic nitrogens is 2. The van der Waals surface area contributed by atoms with Crippen molar-refractivity contribution in [2.75, 3.05) is 6.54 Å². The first kappa shape index (κ1) is 25.3. The van der Waals surface area contributed by atoms with Crippen LogP contribution in [-0.2, 0) is 24.2 Å². The second-order valence-corrected chi connectivity index (χ2v) is 9.46. The minimum Gasteiger partial charge on any atom is -0.489 e. The van der Waals surface area contributed by atoms with Gasteiger partial charge in [0.2, 0.25) is 5.91 Å². The lowest BCUT2D eigenvalue weighted by Gasteiger charge is -2.18. The minimum atomic E-state index is -0.0890. The van der Waals surface area contributed by atoms with Crippen molar-refractivity contribution in [2.24, 2.45) is 0 Å². The summed E-state index contributed by atoms with van der Waals surface area (Å²) in [6, 6.07) is 30.5. The second kappa shape index (κ2) is 12.2. The van der Waals surface area contributed by atoms with Gasteiger partial charge in [0.15, 0.2) is 0 Å². The number of aromatic amines is 1. The van der Waals surface area contributed by atoms with E-state index in [4.69, 9.17) is 4.74 Å². The van der Waals surface area contributed by atoms with Crippen LogP contribution in [0.4, 0.5) is 0 Å². The highest BCUT2D eigenvalue weighted by atomic mass is 16.5. The van der Waals surface area contributed by atoms with E-state index >= 15 is 0 Å². The van der Waals surface area contributed by atoms with Crippen molar-refractivity contribution in [1.29, 1.82) is 0 Å². The molecule has 0 spiro atoms. The van der Waals surface area contributed by atoms with Gasteiger partial charge in [-0.2, -0.15) is 0 Å². The molecule has 192 valence electrons. The summed E-state index contributed by atoms with van der Waals surface area (Å²) in [5.41, 5.74) is 6.74. The van der Waals surface area contributed by atoms with E-state index in [0.29, 0.717) is 26.0 Å². The number of ether oxygens (including phenoxy) is 1. The molecule has 1 atom stereocenters. The van der Waals surface area contributed by atoms with Crippen LogP contribution < -0.4 is 10.1 Å². The summed E-state index contributed by atoms with van der Waals surface area (Å²) < 4.78 is 6.00. The third kappa shape index (κ3) is 6.12. The van der Waals surface area contributed by atoms with Crippen molar-refractivity contribution in [1.82, 2.24) is 15.3 Å². The molecule has 0 aliphatic rings. The van der Waals surface area contributed by atoms with Crippen LogP contribution in [0.1, 0.15) is 47.2 Å². The lowest BCUT2D eigenvalue weighted by atomic mass is 9.87. The Morgan fingerprint density at radius 2 is 1.76 bits per heavy atom. The van der Waals surface area contributed by atoms with E-state index in [9.17, 15) is 4.79 Å². The number of benzene rings is 3. The van der Waals surface area contributed by atoms with E-state index in [0.717, 1.165) is 40.1 Å². The van der Waals surface area contributed by atoms with Crippen LogP contribution in [0.25, 0.3) is 10.9 Å². The third-order valence-electron chi connectivity index (χ3n) is 6.94. The largest absolute Gasteiger partial charge is 0.489 e. The van der Waals surface area contributed by atoms with Crippen molar-refractivity contribution in [3.63, 3.8) is 0 Å². The standard InChI is InChI=1S/C33H33N3O2/c1-2-25-11-8-13-29-31(22-36-33(25)29)30(21-32(37)35-20-18-27-12-6-7-19-34-27)26-14-16-28(17-15-26)38-23-24-9-4-3-5-10-24/h3-17,19,22,30,36H,2,18,20-21,23H2,1H3,(H,35,37)/t30-/m1/s1. The normalized spacial score (nSPS) is 11.8. The molecule has 0 radical (unpaired) electrons. The summed E-state index contributed by atoms with van der Waals surface area (Å²) in [4.78, 5) is 21.0. The van der Waals surface area contributed by atoms with Crippen LogP contribution in [0.3, 0.4) is 0 Å². The van der Waals surface area contributed by atoms with Gasteiger partial charge in [-0.3, -0.25) is 9.78 Å². The molecule has 1 amide bonds. The molecule has 0 fully saturated rings. The lowest BCUT2D eigenvalue weighted by Crippen LogP contribution is -2.27. The van der Waals surface area contributed by atoms with Gasteiger partial charge in [0, 0.05) is 54.3 Å². The molecule has 0 saturated heterocycles. The molecule has 5 heteroatoms. The zero-order chi connectivity index (χ0) is 26.2. The number of nitrogens with one attached hydrogen (secondary N) is 2. The van der Waals surface area contributed by atoms with E-state index in [1.165, 1.54) is 10.9 Å². The molecule has 2 aromatic heterocycles. The molecule has 5 aromatic rings. The molecule has 5 rings (SSSR count). The highest BCUT2D eigenvalue weighted by Crippen LogP contribution is 2.35. The van der Waals surface area contributed by atoms with Crippen LogP contribution in [0.5, 0.6) is 5.75 Å². The number of carbonyl (C=O) groups excluding carboxylic acids is 1. The first-order valence-corrected chi connectivity index (χ1v) is 13.2. The monoisotopic (exact) mass is 503 g/mol. The van der Waals surface area contributed by atoms with E-state index < -0.39 is 0 Å². The molecule has 0 unspecified atom stereocenters. The molecule has 0 aliphatic carbocycles. The van der Waals surface area contributed by atoms with Gasteiger partial charge in [0.05, 0.1) is 0 Å². The van der Waals surface area contributed by atoms with Gasteiger partial charge < -0.3 is 15.0 Å². The number of fused-ring (bicyclic) bond motifs is 1. The molecular formula is C33H33N3O2. The molecular weight excluding hydrogens is 470 g/mol. The Hall–Kier alpha value is -4.38. The Morgan fingerprint density at radius 3 is 2.53 bits per heavy atom. The van der Waals surface area contributed by atoms with Crippen molar-refractivity contribution in [3.8, 4) is 5.75 Å². The summed E-state index contributed by atoms with van der Waals surface area (Å²) in [5.74, 6) is 0.744. The summed E-state index contributed by atoms with van der Waals surface area (Å²) in [7, 11) is 0. The molecule has 0 bridgehead atoms. The maximum atomic E-state index is 13.1. The van der Waals surface area contributed by atoms with E-state index in [-0.39, 0.29) is 11.8 Å². The van der Waals surface area contributed by atoms with Crippen LogP contribution in [0.15, 0.2) is 103 Å². The lowest BCUT2D eigenvalue weighted by molar-refractivity contribution is -0.121. The van der Waals surface area contributed by atoms with Crippen molar-refractivity contribution in [2.45, 2.75) is 38.7 Å². The molecule has 0 aliphatic heterocycles. The molecule has 38 heavy (non-hydrogen) atoms. The topological polar surface area (TPSA) is 67.0 Å². The van der Waals surface area contributed by atoms with Crippen molar-refractivity contribution >= 4 is 16.8 Å². The highest BCUT2D eigenvalue weighted by molar-refractivity contribution is 5.88. The SMILES string of the molecule is CCc1cccc2c([C@H](CC(=O)NCCc3ccccn3)c3ccc(OCc4ccccc4)cc3)c[nH]c12. The Bertz CT molecular complexity index is 1460. The number of hydrogen-bond acceptors (Lipinski definition) is 3. The molecule has 0 saturated carbocycles. The van der Waals surface area contributed by atoms with Gasteiger partial charge in [0.1, 0.15) is 12.4 Å². The zero-order valence-corrected chi connectivity index (χ0v) is 21.7. The average molecular weight is 504 g/mol. The number of aryl methyl sites for hydroxylation is 1. The number of nitrogens with zero attached hydrogens (tertiary/aromatic N) is 1. The van der Waals surface area contributed by atoms with Gasteiger partial charge in [-0.15, -0.1) is 0 Å². The van der Waals surface area contributed by atoms with Crippen LogP contribution >= 0.6 is 0 Å². The number of amides is 1. The van der Waals surface area contributed by atoms with Gasteiger partial charge in [-0.1, -0.05) is 73.7 Å². The maximum absolute atomic E-state index is 13.1. The third-order valence-corrected chi connectivity index (χ3v) is 6.94. The predicted molar refractivity (Wildman–Crippen MR) is 152 cm³/mol. The quantitative estimate of drug-likeness (QED) is 0.214. The van der Waals surface area contributed by atoms with E-state index in [1.807, 2.05) is 48.5 Å². The summed E-state index contributed by atoms with van der Waals surface area (Å²) >= 11 is 0. The van der Waals surface area contributed by atoms with Gasteiger partial charge in [-0.05, 0) is 52.9 Å². The zero-order valence-electron chi connectivity index (χ0n) is 21.7. The van der Waals surface area contributed by atoms with E-state index in [1.54, 1.807) is 6.20 Å². The van der Waals surface area contributed by atoms with Gasteiger partial charge in [0.25, 0.3) is 0 Å². The fraction of sp³-hybridized carbons (Fsp3) is 0.212. The number of para-hydroxylation sites is 1. The Morgan fingerprint density at radius 1 is 0.947 bits per heavy atom. The second-order valence-electron chi connectivity index (χ2n) is 9.46. The number of H-pyrrole nitrogens is 1. The Kier molecular flexibility index (Phi) is 8.14. The smallest absolute Gasteiger partial charge is 0.220 e.